The number of sulfonamides is 1. The van der Waals surface area contributed by atoms with E-state index in [2.05, 4.69) is 4.72 Å². The first kappa shape index (κ1) is 22.8. The Morgan fingerprint density at radius 2 is 1.84 bits per heavy atom. The van der Waals surface area contributed by atoms with Crippen molar-refractivity contribution in [2.75, 3.05) is 13.2 Å². The number of rotatable bonds is 6. The van der Waals surface area contributed by atoms with Gasteiger partial charge in [0.05, 0.1) is 23.9 Å². The molecule has 3 amide bonds. The molecule has 0 spiro atoms. The Kier molecular flexibility index (Phi) is 6.24. The number of imide groups is 1. The molecule has 1 saturated heterocycles. The predicted octanol–water partition coefficient (Wildman–Crippen LogP) is 3.17. The summed E-state index contributed by atoms with van der Waals surface area (Å²) in [5, 5.41) is -0.641. The van der Waals surface area contributed by atoms with Crippen LogP contribution in [0.15, 0.2) is 0 Å². The molecule has 1 aliphatic heterocycles. The SMILES string of the molecule is CCOC(=O)N1C(=O)N(CC2CCC(F)CC2)C2CCC(S(=O)(=O)NC3(C)CC3)CC21. The fourth-order valence-electron chi connectivity index (χ4n) is 5.36. The van der Waals surface area contributed by atoms with Crippen molar-refractivity contribution in [3.63, 3.8) is 0 Å². The van der Waals surface area contributed by atoms with Crippen LogP contribution in [-0.2, 0) is 14.8 Å². The van der Waals surface area contributed by atoms with Crippen LogP contribution in [0.25, 0.3) is 0 Å². The average molecular weight is 460 g/mol. The first-order chi connectivity index (χ1) is 14.6. The number of hydrogen-bond acceptors (Lipinski definition) is 5. The lowest BCUT2D eigenvalue weighted by Gasteiger charge is -2.37. The van der Waals surface area contributed by atoms with Crippen LogP contribution in [0.2, 0.25) is 0 Å². The Bertz CT molecular complexity index is 810. The molecule has 0 bridgehead atoms. The molecule has 4 rings (SSSR count). The van der Waals surface area contributed by atoms with Gasteiger partial charge in [0.1, 0.15) is 6.17 Å². The van der Waals surface area contributed by atoms with E-state index in [0.717, 1.165) is 30.6 Å². The molecule has 3 atom stereocenters. The Labute approximate surface area is 183 Å². The summed E-state index contributed by atoms with van der Waals surface area (Å²) < 4.78 is 47.4. The minimum atomic E-state index is -3.55. The van der Waals surface area contributed by atoms with E-state index in [1.807, 2.05) is 6.92 Å². The van der Waals surface area contributed by atoms with Crippen LogP contribution in [-0.4, -0.2) is 72.5 Å². The summed E-state index contributed by atoms with van der Waals surface area (Å²) in [5.74, 6) is 0.205. The molecule has 0 radical (unpaired) electrons. The summed E-state index contributed by atoms with van der Waals surface area (Å²) in [7, 11) is -3.55. The third kappa shape index (κ3) is 4.69. The van der Waals surface area contributed by atoms with Gasteiger partial charge in [-0.3, -0.25) is 0 Å². The normalized spacial score (nSPS) is 35.1. The van der Waals surface area contributed by atoms with E-state index >= 15 is 0 Å². The minimum Gasteiger partial charge on any atom is -0.449 e. The Morgan fingerprint density at radius 1 is 1.16 bits per heavy atom. The third-order valence-corrected chi connectivity index (χ3v) is 9.52. The van der Waals surface area contributed by atoms with Crippen LogP contribution >= 0.6 is 0 Å². The van der Waals surface area contributed by atoms with Gasteiger partial charge in [-0.1, -0.05) is 0 Å². The zero-order chi connectivity index (χ0) is 22.4. The number of amides is 3. The number of alkyl halides is 1. The number of ether oxygens (including phenoxy) is 1. The Balaban J connectivity index is 1.51. The van der Waals surface area contributed by atoms with Crippen molar-refractivity contribution in [2.45, 2.75) is 101 Å². The molecule has 8 nitrogen and oxygen atoms in total. The number of halogens is 1. The molecule has 4 fully saturated rings. The number of nitrogens with zero attached hydrogens (tertiary/aromatic N) is 2. The van der Waals surface area contributed by atoms with E-state index in [9.17, 15) is 22.4 Å². The Hall–Kier alpha value is -1.42. The van der Waals surface area contributed by atoms with E-state index in [4.69, 9.17) is 4.74 Å². The lowest BCUT2D eigenvalue weighted by Crippen LogP contribution is -2.51. The first-order valence-electron chi connectivity index (χ1n) is 11.6. The van der Waals surface area contributed by atoms with Crippen molar-refractivity contribution in [1.29, 1.82) is 0 Å². The highest BCUT2D eigenvalue weighted by molar-refractivity contribution is 7.90. The van der Waals surface area contributed by atoms with Crippen molar-refractivity contribution in [1.82, 2.24) is 14.5 Å². The van der Waals surface area contributed by atoms with E-state index in [1.54, 1.807) is 11.8 Å². The summed E-state index contributed by atoms with van der Waals surface area (Å²) in [6.07, 6.45) is 3.82. The molecule has 0 aromatic carbocycles. The van der Waals surface area contributed by atoms with E-state index in [1.165, 1.54) is 0 Å². The smallest absolute Gasteiger partial charge is 0.418 e. The van der Waals surface area contributed by atoms with E-state index in [-0.39, 0.29) is 30.5 Å². The number of hydrogen-bond donors (Lipinski definition) is 1. The summed E-state index contributed by atoms with van der Waals surface area (Å²) in [6.45, 7) is 4.20. The molecule has 3 unspecified atom stereocenters. The second kappa shape index (κ2) is 8.50. The number of fused-ring (bicyclic) bond motifs is 1. The van der Waals surface area contributed by atoms with Crippen LogP contribution in [0.1, 0.15) is 71.6 Å². The van der Waals surface area contributed by atoms with Crippen LogP contribution < -0.4 is 4.72 Å². The number of urea groups is 1. The molecule has 1 heterocycles. The lowest BCUT2D eigenvalue weighted by atomic mass is 9.86. The lowest BCUT2D eigenvalue weighted by molar-refractivity contribution is 0.105. The largest absolute Gasteiger partial charge is 0.449 e. The van der Waals surface area contributed by atoms with E-state index in [0.29, 0.717) is 32.2 Å². The predicted molar refractivity (Wildman–Crippen MR) is 113 cm³/mol. The number of carbonyl (C=O) groups excluding carboxylic acids is 2. The van der Waals surface area contributed by atoms with Crippen LogP contribution in [0.3, 0.4) is 0 Å². The zero-order valence-electron chi connectivity index (χ0n) is 18.4. The topological polar surface area (TPSA) is 96.0 Å². The minimum absolute atomic E-state index is 0.141. The fraction of sp³-hybridized carbons (Fsp3) is 0.905. The maximum absolute atomic E-state index is 13.5. The molecule has 0 aromatic heterocycles. The molecule has 1 N–H and O–H groups in total. The van der Waals surface area contributed by atoms with Crippen molar-refractivity contribution in [3.05, 3.63) is 0 Å². The average Bonchev–Trinajstić information content (AvgIpc) is 3.36. The Morgan fingerprint density at radius 3 is 2.45 bits per heavy atom. The van der Waals surface area contributed by atoms with Gasteiger partial charge in [-0.05, 0) is 77.6 Å². The maximum atomic E-state index is 13.5. The summed E-state index contributed by atoms with van der Waals surface area (Å²) in [6, 6.07) is -1.15. The van der Waals surface area contributed by atoms with Gasteiger partial charge in [-0.15, -0.1) is 0 Å². The van der Waals surface area contributed by atoms with Gasteiger partial charge in [0.2, 0.25) is 10.0 Å². The molecule has 3 aliphatic carbocycles. The van der Waals surface area contributed by atoms with Gasteiger partial charge in [0.15, 0.2) is 0 Å². The van der Waals surface area contributed by atoms with E-state index < -0.39 is 39.6 Å². The first-order valence-corrected chi connectivity index (χ1v) is 13.1. The van der Waals surface area contributed by atoms with Crippen LogP contribution in [0.4, 0.5) is 14.0 Å². The van der Waals surface area contributed by atoms with Crippen LogP contribution in [0, 0.1) is 5.92 Å². The highest BCUT2D eigenvalue weighted by Gasteiger charge is 2.54. The quantitative estimate of drug-likeness (QED) is 0.658. The van der Waals surface area contributed by atoms with Crippen molar-refractivity contribution >= 4 is 22.1 Å². The van der Waals surface area contributed by atoms with Gasteiger partial charge in [-0.2, -0.15) is 0 Å². The summed E-state index contributed by atoms with van der Waals surface area (Å²) in [5.41, 5.74) is -0.358. The molecule has 3 saturated carbocycles. The van der Waals surface area contributed by atoms with Crippen molar-refractivity contribution < 1.29 is 27.1 Å². The number of carbonyl (C=O) groups is 2. The molecular weight excluding hydrogens is 425 g/mol. The van der Waals surface area contributed by atoms with Crippen molar-refractivity contribution in [2.24, 2.45) is 5.92 Å². The second-order valence-corrected chi connectivity index (χ2v) is 11.9. The summed E-state index contributed by atoms with van der Waals surface area (Å²) in [4.78, 5) is 28.7. The zero-order valence-corrected chi connectivity index (χ0v) is 19.2. The number of nitrogens with one attached hydrogen (secondary N) is 1. The molecule has 10 heteroatoms. The fourth-order valence-corrected chi connectivity index (χ4v) is 7.31. The van der Waals surface area contributed by atoms with Gasteiger partial charge < -0.3 is 9.64 Å². The summed E-state index contributed by atoms with van der Waals surface area (Å²) >= 11 is 0. The monoisotopic (exact) mass is 459 g/mol. The van der Waals surface area contributed by atoms with Gasteiger partial charge >= 0.3 is 12.1 Å². The van der Waals surface area contributed by atoms with Crippen LogP contribution in [0.5, 0.6) is 0 Å². The highest BCUT2D eigenvalue weighted by Crippen LogP contribution is 2.41. The van der Waals surface area contributed by atoms with Crippen molar-refractivity contribution in [3.8, 4) is 0 Å². The van der Waals surface area contributed by atoms with Gasteiger partial charge in [0, 0.05) is 12.1 Å². The second-order valence-electron chi connectivity index (χ2n) is 9.90. The molecule has 31 heavy (non-hydrogen) atoms. The van der Waals surface area contributed by atoms with Gasteiger partial charge in [-0.25, -0.2) is 32.0 Å². The molecule has 0 aromatic rings. The molecule has 4 aliphatic rings. The third-order valence-electron chi connectivity index (χ3n) is 7.44. The highest BCUT2D eigenvalue weighted by atomic mass is 32.2. The maximum Gasteiger partial charge on any atom is 0.418 e. The molecular formula is C21H34FN3O5S. The standard InChI is InChI=1S/C21H34FN3O5S/c1-3-30-20(27)25-18-12-16(31(28,29)23-21(2)10-11-21)8-9-17(18)24(19(25)26)13-14-4-6-15(22)7-5-14/h14-18,23H,3-13H2,1-2H3. The molecule has 176 valence electrons. The van der Waals surface area contributed by atoms with Gasteiger partial charge in [0.25, 0.3) is 0 Å².